The van der Waals surface area contributed by atoms with Crippen LogP contribution in [0, 0.1) is 0 Å². The van der Waals surface area contributed by atoms with Crippen LogP contribution in [0.3, 0.4) is 0 Å². The lowest BCUT2D eigenvalue weighted by atomic mass is 10.5. The van der Waals surface area contributed by atoms with Gasteiger partial charge < -0.3 is 13.3 Å². The lowest BCUT2D eigenvalue weighted by molar-refractivity contribution is -0.130. The molecule has 3 nitrogen and oxygen atoms in total. The van der Waals surface area contributed by atoms with E-state index < -0.39 is 33.7 Å². The van der Waals surface area contributed by atoms with Crippen LogP contribution in [0.25, 0.3) is 0 Å². The molecule has 76 valence electrons. The van der Waals surface area contributed by atoms with Gasteiger partial charge >= 0.3 is 6.18 Å². The quantitative estimate of drug-likeness (QED) is 0.693. The van der Waals surface area contributed by atoms with Gasteiger partial charge in [0.1, 0.15) is 0 Å². The molecule has 12 heavy (non-hydrogen) atoms. The van der Waals surface area contributed by atoms with Crippen molar-refractivity contribution in [2.45, 2.75) is 19.5 Å². The van der Waals surface area contributed by atoms with Gasteiger partial charge in [0.25, 0.3) is 0 Å². The summed E-state index contributed by atoms with van der Waals surface area (Å²) in [5, 5.41) is 0. The number of alkyl halides is 3. The summed E-state index contributed by atoms with van der Waals surface area (Å²) in [7, 11) is -5.48. The molecule has 0 aromatic rings. The van der Waals surface area contributed by atoms with E-state index in [2.05, 4.69) is 0 Å². The zero-order valence-corrected chi connectivity index (χ0v) is 7.20. The van der Waals surface area contributed by atoms with Gasteiger partial charge in [0, 0.05) is 0 Å². The van der Waals surface area contributed by atoms with E-state index in [1.54, 1.807) is 0 Å². The first kappa shape index (κ1) is 11.9. The standard InChI is InChI=1S/C5H11F3O3S/c1-2-12(9,10,11)4-3-5(6,7)8/h2-4H2,1H3,(H2,9,10,11)/p-2. The Morgan fingerprint density at radius 3 is 2.00 bits per heavy atom. The molecule has 0 radical (unpaired) electrons. The van der Waals surface area contributed by atoms with Crippen LogP contribution < -0.4 is 0 Å². The minimum Gasteiger partial charge on any atom is -0.798 e. The average Bonchev–Trinajstić information content (AvgIpc) is 1.83. The van der Waals surface area contributed by atoms with Gasteiger partial charge in [-0.2, -0.15) is 13.2 Å². The first-order chi connectivity index (χ1) is 5.03. The summed E-state index contributed by atoms with van der Waals surface area (Å²) in [4.78, 5) is 0. The van der Waals surface area contributed by atoms with E-state index in [1.165, 1.54) is 0 Å². The molecule has 0 aliphatic heterocycles. The molecule has 0 saturated carbocycles. The van der Waals surface area contributed by atoms with Crippen molar-refractivity contribution in [3.63, 3.8) is 0 Å². The summed E-state index contributed by atoms with van der Waals surface area (Å²) < 4.78 is 66.3. The smallest absolute Gasteiger partial charge is 0.389 e. The van der Waals surface area contributed by atoms with Gasteiger partial charge in [-0.3, -0.25) is 0 Å². The summed E-state index contributed by atoms with van der Waals surface area (Å²) in [5.41, 5.74) is 0. The first-order valence-corrected chi connectivity index (χ1v) is 5.36. The molecule has 0 aliphatic carbocycles. The zero-order chi connectivity index (χ0) is 10.1. The highest BCUT2D eigenvalue weighted by Crippen LogP contribution is 2.25. The van der Waals surface area contributed by atoms with E-state index in [0.717, 1.165) is 6.92 Å². The van der Waals surface area contributed by atoms with Crippen LogP contribution in [0.15, 0.2) is 0 Å². The summed E-state index contributed by atoms with van der Waals surface area (Å²) in [6, 6.07) is 0. The Labute approximate surface area is 68.0 Å². The molecule has 0 atom stereocenters. The van der Waals surface area contributed by atoms with E-state index in [-0.39, 0.29) is 0 Å². The Balaban J connectivity index is 4.20. The van der Waals surface area contributed by atoms with Crippen molar-refractivity contribution in [1.82, 2.24) is 0 Å². The predicted molar refractivity (Wildman–Crippen MR) is 35.8 cm³/mol. The molecule has 0 aliphatic rings. The molecule has 0 N–H and O–H groups in total. The van der Waals surface area contributed by atoms with Gasteiger partial charge in [-0.25, -0.2) is 9.63 Å². The van der Waals surface area contributed by atoms with Gasteiger partial charge in [-0.1, -0.05) is 6.92 Å². The third-order valence-corrected chi connectivity index (χ3v) is 3.45. The zero-order valence-electron chi connectivity index (χ0n) is 6.39. The van der Waals surface area contributed by atoms with Gasteiger partial charge in [0.2, 0.25) is 0 Å². The molecule has 0 saturated heterocycles. The van der Waals surface area contributed by atoms with Crippen LogP contribution in [0.4, 0.5) is 13.2 Å². The molecule has 0 unspecified atom stereocenters. The molecular weight excluding hydrogens is 197 g/mol. The van der Waals surface area contributed by atoms with Crippen molar-refractivity contribution in [3.05, 3.63) is 0 Å². The maximum atomic E-state index is 11.5. The summed E-state index contributed by atoms with van der Waals surface area (Å²) in [5.74, 6) is -2.16. The molecule has 0 fully saturated rings. The van der Waals surface area contributed by atoms with E-state index in [0.29, 0.717) is 0 Å². The largest absolute Gasteiger partial charge is 0.798 e. The maximum absolute atomic E-state index is 11.5. The maximum Gasteiger partial charge on any atom is 0.389 e. The fourth-order valence-corrected chi connectivity index (χ4v) is 1.37. The predicted octanol–water partition coefficient (Wildman–Crippen LogP) is 1.04. The summed E-state index contributed by atoms with van der Waals surface area (Å²) in [6.45, 7) is 1.03. The highest BCUT2D eigenvalue weighted by Gasteiger charge is 2.28. The summed E-state index contributed by atoms with van der Waals surface area (Å²) in [6.07, 6.45) is -6.16. The number of rotatable bonds is 3. The second kappa shape index (κ2) is 2.97. The van der Waals surface area contributed by atoms with Gasteiger partial charge in [0.15, 0.2) is 0 Å². The van der Waals surface area contributed by atoms with E-state index >= 15 is 0 Å². The molecule has 0 spiro atoms. The molecule has 0 aromatic carbocycles. The topological polar surface area (TPSA) is 63.2 Å². The Morgan fingerprint density at radius 2 is 1.75 bits per heavy atom. The van der Waals surface area contributed by atoms with Gasteiger partial charge in [-0.15, -0.1) is 0 Å². The van der Waals surface area contributed by atoms with Gasteiger partial charge in [-0.05, 0) is 11.5 Å². The highest BCUT2D eigenvalue weighted by molar-refractivity contribution is 8.09. The Kier molecular flexibility index (Phi) is 2.93. The molecule has 0 bridgehead atoms. The van der Waals surface area contributed by atoms with E-state index in [9.17, 15) is 26.5 Å². The fraction of sp³-hybridized carbons (Fsp3) is 1.00. The third kappa shape index (κ3) is 5.50. The van der Waals surface area contributed by atoms with Crippen LogP contribution in [0.2, 0.25) is 0 Å². The number of hydrogen-bond donors (Lipinski definition) is 0. The Bertz CT molecular complexity index is 216. The van der Waals surface area contributed by atoms with Crippen LogP contribution in [-0.2, 0) is 9.63 Å². The number of hydrogen-bond acceptors (Lipinski definition) is 3. The average molecular weight is 206 g/mol. The molecular formula is C5H9F3O3S-2. The van der Waals surface area contributed by atoms with Crippen LogP contribution in [0.1, 0.15) is 13.3 Å². The highest BCUT2D eigenvalue weighted by atomic mass is 32.3. The monoisotopic (exact) mass is 206 g/mol. The minimum atomic E-state index is -5.48. The van der Waals surface area contributed by atoms with Crippen LogP contribution >= 0.6 is 0 Å². The van der Waals surface area contributed by atoms with Gasteiger partial charge in [0.05, 0.1) is 6.42 Å². The minimum absolute atomic E-state index is 0.798. The van der Waals surface area contributed by atoms with Crippen molar-refractivity contribution in [2.24, 2.45) is 0 Å². The van der Waals surface area contributed by atoms with Crippen molar-refractivity contribution >= 4 is 9.63 Å². The third-order valence-electron chi connectivity index (χ3n) is 1.34. The van der Waals surface area contributed by atoms with Crippen molar-refractivity contribution in [2.75, 3.05) is 11.5 Å². The SMILES string of the molecule is CCS(=O)([O-])([O-])CCC(F)(F)F. The van der Waals surface area contributed by atoms with Crippen LogP contribution in [-0.4, -0.2) is 31.0 Å². The lowest BCUT2D eigenvalue weighted by Crippen LogP contribution is -2.40. The van der Waals surface area contributed by atoms with E-state index in [1.807, 2.05) is 0 Å². The number of sulfone groups is 3. The summed E-state index contributed by atoms with van der Waals surface area (Å²) >= 11 is 0. The first-order valence-electron chi connectivity index (χ1n) is 3.20. The second-order valence-electron chi connectivity index (χ2n) is 2.47. The normalized spacial score (nSPS) is 17.0. The second-order valence-corrected chi connectivity index (χ2v) is 5.69. The molecule has 7 heteroatoms. The number of halogens is 3. The van der Waals surface area contributed by atoms with E-state index in [4.69, 9.17) is 0 Å². The molecule has 0 rings (SSSR count). The van der Waals surface area contributed by atoms with Crippen molar-refractivity contribution in [3.8, 4) is 0 Å². The van der Waals surface area contributed by atoms with Crippen molar-refractivity contribution < 1.29 is 26.5 Å². The van der Waals surface area contributed by atoms with Crippen LogP contribution in [0.5, 0.6) is 0 Å². The molecule has 0 aromatic heterocycles. The molecule has 0 heterocycles. The Hall–Kier alpha value is -0.140. The van der Waals surface area contributed by atoms with Crippen molar-refractivity contribution in [1.29, 1.82) is 0 Å². The fourth-order valence-electron chi connectivity index (χ4n) is 0.457. The molecule has 0 amide bonds. The lowest BCUT2D eigenvalue weighted by Gasteiger charge is -2.55. The Morgan fingerprint density at radius 1 is 1.33 bits per heavy atom.